The van der Waals surface area contributed by atoms with Crippen molar-refractivity contribution in [2.75, 3.05) is 25.1 Å². The summed E-state index contributed by atoms with van der Waals surface area (Å²) in [5.74, 6) is 0.782. The summed E-state index contributed by atoms with van der Waals surface area (Å²) in [6, 6.07) is 24.3. The third kappa shape index (κ3) is 4.21. The van der Waals surface area contributed by atoms with Gasteiger partial charge in [0.2, 0.25) is 0 Å². The SMILES string of the molecule is [C-]#[N+]c1ccc(-c2cccc3nc(-c4ccc(N5C[C@@H](C)O[C@@H](C)C5)cc4)cc(OC)c23)cc1. The van der Waals surface area contributed by atoms with Gasteiger partial charge in [0.05, 0.1) is 42.5 Å². The largest absolute Gasteiger partial charge is 0.496 e. The van der Waals surface area contributed by atoms with Gasteiger partial charge in [0.25, 0.3) is 0 Å². The zero-order valence-corrected chi connectivity index (χ0v) is 19.7. The normalized spacial score (nSPS) is 18.0. The molecule has 0 unspecified atom stereocenters. The maximum atomic E-state index is 7.20. The van der Waals surface area contributed by atoms with Gasteiger partial charge in [0.15, 0.2) is 5.69 Å². The van der Waals surface area contributed by atoms with Crippen LogP contribution in [0.25, 0.3) is 38.1 Å². The van der Waals surface area contributed by atoms with Gasteiger partial charge in [-0.05, 0) is 43.2 Å². The zero-order chi connectivity index (χ0) is 23.7. The minimum absolute atomic E-state index is 0.224. The van der Waals surface area contributed by atoms with E-state index in [1.165, 1.54) is 5.69 Å². The second kappa shape index (κ2) is 9.17. The van der Waals surface area contributed by atoms with Crippen LogP contribution >= 0.6 is 0 Å². The van der Waals surface area contributed by atoms with Crippen molar-refractivity contribution in [2.24, 2.45) is 0 Å². The van der Waals surface area contributed by atoms with Crippen LogP contribution in [0, 0.1) is 6.57 Å². The molecule has 0 N–H and O–H groups in total. The third-order valence-corrected chi connectivity index (χ3v) is 6.27. The summed E-state index contributed by atoms with van der Waals surface area (Å²) in [5, 5.41) is 0.970. The van der Waals surface area contributed by atoms with Gasteiger partial charge in [-0.2, -0.15) is 0 Å². The van der Waals surface area contributed by atoms with E-state index in [0.29, 0.717) is 5.69 Å². The lowest BCUT2D eigenvalue weighted by atomic mass is 9.98. The van der Waals surface area contributed by atoms with Gasteiger partial charge in [0, 0.05) is 30.4 Å². The Bertz CT molecular complexity index is 1350. The number of ether oxygens (including phenoxy) is 2. The number of hydrogen-bond acceptors (Lipinski definition) is 4. The molecule has 1 aliphatic rings. The van der Waals surface area contributed by atoms with Crippen LogP contribution in [0.3, 0.4) is 0 Å². The van der Waals surface area contributed by atoms with E-state index in [0.717, 1.165) is 52.1 Å². The van der Waals surface area contributed by atoms with Crippen molar-refractivity contribution >= 4 is 22.3 Å². The molecule has 2 atom stereocenters. The number of benzene rings is 3. The Morgan fingerprint density at radius 2 is 1.62 bits per heavy atom. The van der Waals surface area contributed by atoms with Gasteiger partial charge in [0.1, 0.15) is 5.75 Å². The van der Waals surface area contributed by atoms with Crippen molar-refractivity contribution < 1.29 is 9.47 Å². The second-order valence-corrected chi connectivity index (χ2v) is 8.78. The van der Waals surface area contributed by atoms with Crippen molar-refractivity contribution in [3.8, 4) is 28.1 Å². The van der Waals surface area contributed by atoms with Crippen molar-refractivity contribution in [1.82, 2.24) is 4.98 Å². The lowest BCUT2D eigenvalue weighted by Crippen LogP contribution is -2.45. The van der Waals surface area contributed by atoms with Crippen LogP contribution in [0.4, 0.5) is 11.4 Å². The van der Waals surface area contributed by atoms with Gasteiger partial charge >= 0.3 is 0 Å². The molecule has 0 aliphatic carbocycles. The van der Waals surface area contributed by atoms with E-state index in [4.69, 9.17) is 21.0 Å². The minimum Gasteiger partial charge on any atom is -0.496 e. The summed E-state index contributed by atoms with van der Waals surface area (Å²) in [6.45, 7) is 13.2. The topological polar surface area (TPSA) is 39.0 Å². The van der Waals surface area contributed by atoms with Gasteiger partial charge in [-0.25, -0.2) is 9.83 Å². The molecule has 4 aromatic rings. The quantitative estimate of drug-likeness (QED) is 0.323. The Kier molecular flexibility index (Phi) is 5.91. The van der Waals surface area contributed by atoms with Gasteiger partial charge in [-0.3, -0.25) is 0 Å². The number of anilines is 1. The van der Waals surface area contributed by atoms with E-state index in [2.05, 4.69) is 53.9 Å². The average Bonchev–Trinajstić information content (AvgIpc) is 2.87. The molecule has 5 heteroatoms. The molecular weight excluding hydrogens is 422 g/mol. The van der Waals surface area contributed by atoms with E-state index < -0.39 is 0 Å². The first-order valence-electron chi connectivity index (χ1n) is 11.5. The van der Waals surface area contributed by atoms with Crippen LogP contribution < -0.4 is 9.64 Å². The van der Waals surface area contributed by atoms with Crippen LogP contribution in [0.2, 0.25) is 0 Å². The predicted octanol–water partition coefficient (Wildman–Crippen LogP) is 6.74. The van der Waals surface area contributed by atoms with E-state index >= 15 is 0 Å². The molecule has 0 bridgehead atoms. The molecule has 1 aromatic heterocycles. The molecule has 5 rings (SSSR count). The molecule has 1 saturated heterocycles. The van der Waals surface area contributed by atoms with Gasteiger partial charge in [-0.15, -0.1) is 0 Å². The molecular formula is C29H27N3O2. The highest BCUT2D eigenvalue weighted by molar-refractivity contribution is 6.00. The summed E-state index contributed by atoms with van der Waals surface area (Å²) >= 11 is 0. The van der Waals surface area contributed by atoms with Crippen LogP contribution in [-0.2, 0) is 4.74 Å². The van der Waals surface area contributed by atoms with E-state index in [9.17, 15) is 0 Å². The molecule has 0 spiro atoms. The average molecular weight is 450 g/mol. The highest BCUT2D eigenvalue weighted by Gasteiger charge is 2.22. The number of nitrogens with zero attached hydrogens (tertiary/aromatic N) is 3. The zero-order valence-electron chi connectivity index (χ0n) is 19.7. The van der Waals surface area contributed by atoms with Crippen LogP contribution in [0.15, 0.2) is 72.8 Å². The highest BCUT2D eigenvalue weighted by Crippen LogP contribution is 2.38. The van der Waals surface area contributed by atoms with Crippen LogP contribution in [-0.4, -0.2) is 37.4 Å². The first kappa shape index (κ1) is 21.9. The van der Waals surface area contributed by atoms with E-state index in [1.807, 2.05) is 42.5 Å². The Morgan fingerprint density at radius 1 is 0.941 bits per heavy atom. The molecule has 1 aliphatic heterocycles. The standard InChI is InChI=1S/C29H27N3O2/c1-19-17-32(18-20(2)34-19)24-14-10-22(11-15-24)27-16-28(33-4)29-25(6-5-7-26(29)31-27)21-8-12-23(30-3)13-9-21/h5-16,19-20H,17-18H2,1-2,4H3/t19-,20+. The molecule has 0 saturated carbocycles. The molecule has 2 heterocycles. The fourth-order valence-electron chi connectivity index (χ4n) is 4.75. The number of fused-ring (bicyclic) bond motifs is 1. The second-order valence-electron chi connectivity index (χ2n) is 8.78. The number of hydrogen-bond donors (Lipinski definition) is 0. The summed E-state index contributed by atoms with van der Waals surface area (Å²) in [6.07, 6.45) is 0.447. The van der Waals surface area contributed by atoms with Gasteiger partial charge in [-0.1, -0.05) is 48.5 Å². The van der Waals surface area contributed by atoms with E-state index in [1.54, 1.807) is 7.11 Å². The number of morpholine rings is 1. The summed E-state index contributed by atoms with van der Waals surface area (Å²) in [5.41, 5.74) is 6.69. The summed E-state index contributed by atoms with van der Waals surface area (Å²) in [4.78, 5) is 10.8. The smallest absolute Gasteiger partial charge is 0.187 e. The number of methoxy groups -OCH3 is 1. The predicted molar refractivity (Wildman–Crippen MR) is 138 cm³/mol. The molecule has 34 heavy (non-hydrogen) atoms. The summed E-state index contributed by atoms with van der Waals surface area (Å²) in [7, 11) is 1.70. The minimum atomic E-state index is 0.224. The molecule has 3 aromatic carbocycles. The maximum absolute atomic E-state index is 7.20. The molecule has 1 fully saturated rings. The first-order chi connectivity index (χ1) is 16.6. The van der Waals surface area contributed by atoms with Gasteiger partial charge < -0.3 is 14.4 Å². The van der Waals surface area contributed by atoms with Crippen molar-refractivity contribution in [1.29, 1.82) is 0 Å². The number of pyridine rings is 1. The number of rotatable bonds is 4. The molecule has 5 nitrogen and oxygen atoms in total. The van der Waals surface area contributed by atoms with Crippen molar-refractivity contribution in [2.45, 2.75) is 26.1 Å². The van der Waals surface area contributed by atoms with Crippen LogP contribution in [0.5, 0.6) is 5.75 Å². The number of aromatic nitrogens is 1. The molecule has 0 radical (unpaired) electrons. The Hall–Kier alpha value is -3.88. The molecule has 0 amide bonds. The third-order valence-electron chi connectivity index (χ3n) is 6.27. The Labute approximate surface area is 200 Å². The fourth-order valence-corrected chi connectivity index (χ4v) is 4.75. The lowest BCUT2D eigenvalue weighted by Gasteiger charge is -2.36. The monoisotopic (exact) mass is 449 g/mol. The first-order valence-corrected chi connectivity index (χ1v) is 11.5. The van der Waals surface area contributed by atoms with E-state index in [-0.39, 0.29) is 12.2 Å². The highest BCUT2D eigenvalue weighted by atomic mass is 16.5. The fraction of sp³-hybridized carbons (Fsp3) is 0.241. The lowest BCUT2D eigenvalue weighted by molar-refractivity contribution is -0.00521. The maximum Gasteiger partial charge on any atom is 0.187 e. The van der Waals surface area contributed by atoms with Crippen molar-refractivity contribution in [3.63, 3.8) is 0 Å². The Morgan fingerprint density at radius 3 is 2.26 bits per heavy atom. The van der Waals surface area contributed by atoms with Crippen LogP contribution in [0.1, 0.15) is 13.8 Å². The summed E-state index contributed by atoms with van der Waals surface area (Å²) < 4.78 is 11.7. The Balaban J connectivity index is 1.52. The molecule has 170 valence electrons. The van der Waals surface area contributed by atoms with Crippen molar-refractivity contribution in [3.05, 3.63) is 84.2 Å².